The van der Waals surface area contributed by atoms with Crippen LogP contribution in [0.5, 0.6) is 0 Å². The number of fused-ring (bicyclic) bond motifs is 1. The van der Waals surface area contributed by atoms with Crippen molar-refractivity contribution in [2.45, 2.75) is 0 Å². The molecule has 16 heavy (non-hydrogen) atoms. The third-order valence-corrected chi connectivity index (χ3v) is 3.86. The molecule has 1 aromatic carbocycles. The van der Waals surface area contributed by atoms with E-state index in [1.807, 2.05) is 24.3 Å². The Labute approximate surface area is 102 Å². The van der Waals surface area contributed by atoms with Crippen molar-refractivity contribution in [1.29, 1.82) is 0 Å². The van der Waals surface area contributed by atoms with Gasteiger partial charge in [-0.25, -0.2) is 4.98 Å². The molecule has 0 amide bonds. The van der Waals surface area contributed by atoms with E-state index in [4.69, 9.17) is 11.6 Å². The van der Waals surface area contributed by atoms with Crippen molar-refractivity contribution in [2.24, 2.45) is 0 Å². The summed E-state index contributed by atoms with van der Waals surface area (Å²) in [5.74, 6) is 0. The maximum atomic E-state index is 6.12. The Kier molecular flexibility index (Phi) is 2.39. The fraction of sp³-hybridized carbons (Fsp3) is 0. The van der Waals surface area contributed by atoms with Gasteiger partial charge in [-0.3, -0.25) is 0 Å². The summed E-state index contributed by atoms with van der Waals surface area (Å²) in [4.78, 5) is 6.52. The van der Waals surface area contributed by atoms with Crippen molar-refractivity contribution in [3.8, 4) is 10.4 Å². The predicted molar refractivity (Wildman–Crippen MR) is 70.1 cm³/mol. The summed E-state index contributed by atoms with van der Waals surface area (Å²) in [6.07, 6.45) is 1.75. The van der Waals surface area contributed by atoms with Crippen molar-refractivity contribution in [3.05, 3.63) is 53.7 Å². The second kappa shape index (κ2) is 3.89. The quantitative estimate of drug-likeness (QED) is 0.610. The number of hydrogen-bond donors (Lipinski definition) is 0. The molecule has 0 radical (unpaired) electrons. The van der Waals surface area contributed by atoms with Gasteiger partial charge in [0.2, 0.25) is 0 Å². The van der Waals surface area contributed by atoms with Gasteiger partial charge >= 0.3 is 0 Å². The van der Waals surface area contributed by atoms with E-state index in [1.165, 1.54) is 10.4 Å². The van der Waals surface area contributed by atoms with E-state index in [1.54, 1.807) is 17.5 Å². The van der Waals surface area contributed by atoms with Crippen molar-refractivity contribution in [2.75, 3.05) is 0 Å². The number of hydrogen-bond acceptors (Lipinski definition) is 2. The molecule has 3 heteroatoms. The summed E-state index contributed by atoms with van der Waals surface area (Å²) in [5.41, 5.74) is 1.21. The van der Waals surface area contributed by atoms with Gasteiger partial charge < -0.3 is 0 Å². The number of rotatable bonds is 1. The highest BCUT2D eigenvalue weighted by atomic mass is 35.5. The van der Waals surface area contributed by atoms with Gasteiger partial charge in [0.1, 0.15) is 4.83 Å². The second-order valence-electron chi connectivity index (χ2n) is 3.49. The summed E-state index contributed by atoms with van der Waals surface area (Å²) < 4.78 is 0. The smallest absolute Gasteiger partial charge is 0.125 e. The Morgan fingerprint density at radius 1 is 1.06 bits per heavy atom. The molecule has 1 nitrogen and oxygen atoms in total. The van der Waals surface area contributed by atoms with Gasteiger partial charge in [0.15, 0.2) is 0 Å². The molecule has 2 heterocycles. The Morgan fingerprint density at radius 3 is 2.62 bits per heavy atom. The number of thiophene rings is 1. The maximum Gasteiger partial charge on any atom is 0.125 e. The first kappa shape index (κ1) is 9.82. The number of nitrogens with zero attached hydrogens (tertiary/aromatic N) is 1. The van der Waals surface area contributed by atoms with Crippen molar-refractivity contribution in [3.63, 3.8) is 0 Å². The van der Waals surface area contributed by atoms with Crippen molar-refractivity contribution < 1.29 is 0 Å². The maximum absolute atomic E-state index is 6.12. The molecule has 0 aliphatic rings. The normalized spacial score (nSPS) is 10.8. The number of benzene rings is 1. The predicted octanol–water partition coefficient (Wildman–Crippen LogP) is 4.62. The molecule has 0 bridgehead atoms. The zero-order valence-electron chi connectivity index (χ0n) is 8.35. The number of halogens is 1. The van der Waals surface area contributed by atoms with E-state index in [0.717, 1.165) is 15.2 Å². The standard InChI is InChI=1S/C13H8ClNS/c14-11-6-7-15-13-10(11)8-12(16-13)9-4-2-1-3-5-9/h1-8H. The van der Waals surface area contributed by atoms with Gasteiger partial charge in [0, 0.05) is 16.5 Å². The first-order valence-electron chi connectivity index (χ1n) is 4.94. The van der Waals surface area contributed by atoms with Crippen LogP contribution in [-0.2, 0) is 0 Å². The molecule has 0 saturated heterocycles. The van der Waals surface area contributed by atoms with Crippen LogP contribution in [0.15, 0.2) is 48.7 Å². The highest BCUT2D eigenvalue weighted by Gasteiger charge is 2.06. The zero-order valence-corrected chi connectivity index (χ0v) is 9.92. The first-order chi connectivity index (χ1) is 7.84. The molecule has 0 spiro atoms. The molecule has 78 valence electrons. The molecule has 0 aliphatic carbocycles. The van der Waals surface area contributed by atoms with Crippen LogP contribution in [0.1, 0.15) is 0 Å². The summed E-state index contributed by atoms with van der Waals surface area (Å²) >= 11 is 7.79. The molecular weight excluding hydrogens is 238 g/mol. The SMILES string of the molecule is Clc1ccnc2sc(-c3ccccc3)cc12. The van der Waals surface area contributed by atoms with Crippen LogP contribution in [0.3, 0.4) is 0 Å². The fourth-order valence-corrected chi connectivity index (χ4v) is 2.94. The third-order valence-electron chi connectivity index (χ3n) is 2.44. The molecule has 0 unspecified atom stereocenters. The molecule has 3 rings (SSSR count). The van der Waals surface area contributed by atoms with Gasteiger partial charge in [-0.05, 0) is 17.7 Å². The summed E-state index contributed by atoms with van der Waals surface area (Å²) in [5, 5.41) is 1.80. The van der Waals surface area contributed by atoms with Gasteiger partial charge in [-0.1, -0.05) is 41.9 Å². The Bertz CT molecular complexity index is 631. The monoisotopic (exact) mass is 245 g/mol. The van der Waals surface area contributed by atoms with Crippen molar-refractivity contribution >= 4 is 33.2 Å². The van der Waals surface area contributed by atoms with E-state index in [2.05, 4.69) is 23.2 Å². The molecule has 0 fully saturated rings. The minimum absolute atomic E-state index is 0.767. The lowest BCUT2D eigenvalue weighted by atomic mass is 10.2. The van der Waals surface area contributed by atoms with Crippen LogP contribution in [0.4, 0.5) is 0 Å². The van der Waals surface area contributed by atoms with Gasteiger partial charge in [-0.15, -0.1) is 11.3 Å². The lowest BCUT2D eigenvalue weighted by Crippen LogP contribution is -1.70. The first-order valence-corrected chi connectivity index (χ1v) is 6.13. The minimum Gasteiger partial charge on any atom is -0.245 e. The van der Waals surface area contributed by atoms with Crippen LogP contribution >= 0.6 is 22.9 Å². The van der Waals surface area contributed by atoms with Crippen LogP contribution in [-0.4, -0.2) is 4.98 Å². The average Bonchev–Trinajstić information content (AvgIpc) is 2.76. The van der Waals surface area contributed by atoms with Crippen LogP contribution in [0, 0.1) is 0 Å². The second-order valence-corrected chi connectivity index (χ2v) is 4.93. The van der Waals surface area contributed by atoms with Crippen LogP contribution in [0.25, 0.3) is 20.7 Å². The van der Waals surface area contributed by atoms with E-state index in [0.29, 0.717) is 0 Å². The van der Waals surface area contributed by atoms with E-state index >= 15 is 0 Å². The van der Waals surface area contributed by atoms with E-state index in [-0.39, 0.29) is 0 Å². The summed E-state index contributed by atoms with van der Waals surface area (Å²) in [7, 11) is 0. The largest absolute Gasteiger partial charge is 0.245 e. The van der Waals surface area contributed by atoms with Gasteiger partial charge in [0.05, 0.1) is 5.02 Å². The Hall–Kier alpha value is -1.38. The molecule has 0 saturated carbocycles. The molecular formula is C13H8ClNS. The summed E-state index contributed by atoms with van der Waals surface area (Å²) in [6.45, 7) is 0. The van der Waals surface area contributed by atoms with Gasteiger partial charge in [0.25, 0.3) is 0 Å². The highest BCUT2D eigenvalue weighted by Crippen LogP contribution is 2.35. The number of aromatic nitrogens is 1. The molecule has 0 atom stereocenters. The molecule has 0 N–H and O–H groups in total. The fourth-order valence-electron chi connectivity index (χ4n) is 1.65. The van der Waals surface area contributed by atoms with Crippen molar-refractivity contribution in [1.82, 2.24) is 4.98 Å². The topological polar surface area (TPSA) is 12.9 Å². The van der Waals surface area contributed by atoms with E-state index in [9.17, 15) is 0 Å². The summed E-state index contributed by atoms with van der Waals surface area (Å²) in [6, 6.07) is 14.2. The molecule has 0 aliphatic heterocycles. The lowest BCUT2D eigenvalue weighted by Gasteiger charge is -1.93. The minimum atomic E-state index is 0.767. The Balaban J connectivity index is 2.23. The zero-order chi connectivity index (χ0) is 11.0. The third kappa shape index (κ3) is 1.60. The number of pyridine rings is 1. The van der Waals surface area contributed by atoms with Crippen LogP contribution < -0.4 is 0 Å². The highest BCUT2D eigenvalue weighted by molar-refractivity contribution is 7.21. The molecule has 3 aromatic rings. The van der Waals surface area contributed by atoms with E-state index < -0.39 is 0 Å². The van der Waals surface area contributed by atoms with Gasteiger partial charge in [-0.2, -0.15) is 0 Å². The average molecular weight is 246 g/mol. The van der Waals surface area contributed by atoms with Crippen LogP contribution in [0.2, 0.25) is 5.02 Å². The lowest BCUT2D eigenvalue weighted by molar-refractivity contribution is 1.45. The molecule has 2 aromatic heterocycles. The Morgan fingerprint density at radius 2 is 1.88 bits per heavy atom.